The van der Waals surface area contributed by atoms with Crippen molar-refractivity contribution in [2.24, 2.45) is 11.7 Å². The minimum absolute atomic E-state index is 0.0145. The van der Waals surface area contributed by atoms with Crippen LogP contribution in [0.15, 0.2) is 0 Å². The summed E-state index contributed by atoms with van der Waals surface area (Å²) >= 11 is 0. The quantitative estimate of drug-likeness (QED) is 0.121. The van der Waals surface area contributed by atoms with Crippen LogP contribution in [0.5, 0.6) is 0 Å². The molecule has 0 aromatic rings. The minimum Gasteiger partial charge on any atom is -0.481 e. The number of amides is 5. The second-order valence-corrected chi connectivity index (χ2v) is 13.0. The predicted molar refractivity (Wildman–Crippen MR) is 159 cm³/mol. The molecule has 0 radical (unpaired) electrons. The molecule has 44 heavy (non-hydrogen) atoms. The van der Waals surface area contributed by atoms with E-state index in [1.54, 1.807) is 13.8 Å². The zero-order valence-electron chi connectivity index (χ0n) is 24.5. The van der Waals surface area contributed by atoms with Crippen molar-refractivity contribution < 1.29 is 53.7 Å². The molecular formula is C25H40N6O11S2. The standard InChI is InChI=1S/C25H40N6O11S2/c1-11(2)8-16-24(40)29-15(5-7-19(34)35)23(39)28-14(4-6-18(32)33)22(38)27-12(3)20(36)31-17(25(41)42)10-44-43-9-13(26)21(37)30-16/h11-17H,4-10,26H2,1-3H3,(H,27,38)(H,28,39)(H,29,40)(H,30,37)(H,31,36)(H,32,33)(H,34,35)(H,41,42)/t12-,13+,14+,15-,16+,17-/m0/s1. The number of carboxylic acid groups (broad SMARTS) is 3. The maximum atomic E-state index is 13.3. The van der Waals surface area contributed by atoms with Gasteiger partial charge in [0.2, 0.25) is 29.5 Å². The van der Waals surface area contributed by atoms with Gasteiger partial charge < -0.3 is 47.6 Å². The molecule has 248 valence electrons. The Kier molecular flexibility index (Phi) is 16.6. The molecule has 1 saturated heterocycles. The third-order valence-electron chi connectivity index (χ3n) is 6.17. The third kappa shape index (κ3) is 14.3. The van der Waals surface area contributed by atoms with Gasteiger partial charge in [-0.25, -0.2) is 4.79 Å². The smallest absolute Gasteiger partial charge is 0.327 e. The van der Waals surface area contributed by atoms with E-state index in [4.69, 9.17) is 10.8 Å². The van der Waals surface area contributed by atoms with Crippen molar-refractivity contribution in [1.29, 1.82) is 0 Å². The van der Waals surface area contributed by atoms with Crippen LogP contribution in [-0.4, -0.2) is 111 Å². The number of rotatable bonds is 9. The fraction of sp³-hybridized carbons (Fsp3) is 0.680. The number of hydrogen-bond donors (Lipinski definition) is 9. The highest BCUT2D eigenvalue weighted by molar-refractivity contribution is 8.76. The molecule has 5 amide bonds. The summed E-state index contributed by atoms with van der Waals surface area (Å²) in [6.45, 7) is 4.81. The molecule has 1 rings (SSSR count). The van der Waals surface area contributed by atoms with Gasteiger partial charge in [0.25, 0.3) is 0 Å². The largest absolute Gasteiger partial charge is 0.481 e. The maximum absolute atomic E-state index is 13.3. The van der Waals surface area contributed by atoms with Gasteiger partial charge in [-0.05, 0) is 32.1 Å². The molecule has 0 aromatic carbocycles. The van der Waals surface area contributed by atoms with Gasteiger partial charge in [-0.1, -0.05) is 35.4 Å². The number of carboxylic acids is 3. The predicted octanol–water partition coefficient (Wildman–Crippen LogP) is -1.99. The number of nitrogens with two attached hydrogens (primary N) is 1. The highest BCUT2D eigenvalue weighted by Crippen LogP contribution is 2.23. The van der Waals surface area contributed by atoms with E-state index in [1.807, 2.05) is 0 Å². The summed E-state index contributed by atoms with van der Waals surface area (Å²) in [5.74, 6) is -8.57. The van der Waals surface area contributed by atoms with Crippen LogP contribution in [0.4, 0.5) is 0 Å². The Bertz CT molecular complexity index is 1090. The first-order chi connectivity index (χ1) is 20.5. The first-order valence-corrected chi connectivity index (χ1v) is 16.2. The van der Waals surface area contributed by atoms with E-state index < -0.39 is 109 Å². The highest BCUT2D eigenvalue weighted by atomic mass is 33.1. The summed E-state index contributed by atoms with van der Waals surface area (Å²) in [4.78, 5) is 99.2. The Balaban J connectivity index is 3.44. The number of carbonyl (C=O) groups is 8. The van der Waals surface area contributed by atoms with E-state index in [2.05, 4.69) is 26.6 Å². The van der Waals surface area contributed by atoms with Crippen molar-refractivity contribution in [3.8, 4) is 0 Å². The highest BCUT2D eigenvalue weighted by Gasteiger charge is 2.33. The van der Waals surface area contributed by atoms with Gasteiger partial charge in [-0.15, -0.1) is 0 Å². The Labute approximate surface area is 261 Å². The number of hydrogen-bond acceptors (Lipinski definition) is 11. The lowest BCUT2D eigenvalue weighted by Gasteiger charge is -2.27. The molecule has 1 aliphatic rings. The average Bonchev–Trinajstić information content (AvgIpc) is 2.92. The second-order valence-electron chi connectivity index (χ2n) is 10.5. The SMILES string of the molecule is CC(C)C[C@H]1NC(=O)[C@H](N)CSSC[C@@H](C(=O)O)NC(=O)[C@H](C)NC(=O)[C@@H](CCC(=O)O)NC(=O)[C@H](CCC(=O)O)NC1=O. The van der Waals surface area contributed by atoms with Crippen LogP contribution >= 0.6 is 21.6 Å². The lowest BCUT2D eigenvalue weighted by atomic mass is 10.0. The molecule has 0 spiro atoms. The maximum Gasteiger partial charge on any atom is 0.327 e. The molecule has 10 N–H and O–H groups in total. The summed E-state index contributed by atoms with van der Waals surface area (Å²) < 4.78 is 0. The summed E-state index contributed by atoms with van der Waals surface area (Å²) in [6.07, 6.45) is -1.86. The summed E-state index contributed by atoms with van der Waals surface area (Å²) in [5, 5.41) is 39.7. The molecule has 0 aromatic heterocycles. The van der Waals surface area contributed by atoms with Gasteiger partial charge in [-0.3, -0.25) is 33.6 Å². The molecule has 0 aliphatic carbocycles. The van der Waals surface area contributed by atoms with Crippen LogP contribution in [-0.2, 0) is 38.4 Å². The molecule has 0 saturated carbocycles. The Morgan fingerprint density at radius 1 is 0.727 bits per heavy atom. The van der Waals surface area contributed by atoms with Crippen molar-refractivity contribution in [3.05, 3.63) is 0 Å². The van der Waals surface area contributed by atoms with Crippen LogP contribution in [0.25, 0.3) is 0 Å². The van der Waals surface area contributed by atoms with Crippen LogP contribution in [0.3, 0.4) is 0 Å². The van der Waals surface area contributed by atoms with Gasteiger partial charge in [-0.2, -0.15) is 0 Å². The summed E-state index contributed by atoms with van der Waals surface area (Å²) in [7, 11) is 2.08. The molecule has 0 unspecified atom stereocenters. The van der Waals surface area contributed by atoms with Gasteiger partial charge >= 0.3 is 17.9 Å². The third-order valence-corrected chi connectivity index (χ3v) is 8.62. The minimum atomic E-state index is -1.53. The van der Waals surface area contributed by atoms with Crippen LogP contribution in [0.1, 0.15) is 52.9 Å². The topological polar surface area (TPSA) is 283 Å². The van der Waals surface area contributed by atoms with Gasteiger partial charge in [0.1, 0.15) is 30.2 Å². The van der Waals surface area contributed by atoms with E-state index >= 15 is 0 Å². The average molecular weight is 665 g/mol. The summed E-state index contributed by atoms with van der Waals surface area (Å²) in [6, 6.07) is -8.02. The summed E-state index contributed by atoms with van der Waals surface area (Å²) in [5.41, 5.74) is 5.97. The zero-order valence-corrected chi connectivity index (χ0v) is 26.1. The number of carbonyl (C=O) groups excluding carboxylic acids is 5. The van der Waals surface area contributed by atoms with Crippen LogP contribution in [0, 0.1) is 5.92 Å². The fourth-order valence-electron chi connectivity index (χ4n) is 3.76. The number of nitrogens with one attached hydrogen (secondary N) is 5. The Morgan fingerprint density at radius 3 is 1.66 bits per heavy atom. The lowest BCUT2D eigenvalue weighted by Crippen LogP contribution is -2.59. The van der Waals surface area contributed by atoms with Crippen molar-refractivity contribution in [1.82, 2.24) is 26.6 Å². The zero-order chi connectivity index (χ0) is 33.6. The molecule has 0 bridgehead atoms. The molecule has 6 atom stereocenters. The van der Waals surface area contributed by atoms with E-state index in [0.717, 1.165) is 21.6 Å². The van der Waals surface area contributed by atoms with Crippen LogP contribution in [0.2, 0.25) is 0 Å². The number of aliphatic carboxylic acids is 3. The second kappa shape index (κ2) is 18.9. The molecular weight excluding hydrogens is 624 g/mol. The van der Waals surface area contributed by atoms with Gasteiger partial charge in [0.15, 0.2) is 0 Å². The lowest BCUT2D eigenvalue weighted by molar-refractivity contribution is -0.141. The first-order valence-electron chi connectivity index (χ1n) is 13.7. The van der Waals surface area contributed by atoms with E-state index in [0.29, 0.717) is 0 Å². The van der Waals surface area contributed by atoms with Crippen molar-refractivity contribution in [3.63, 3.8) is 0 Å². The fourth-order valence-corrected chi connectivity index (χ4v) is 6.04. The van der Waals surface area contributed by atoms with Crippen molar-refractivity contribution in [2.45, 2.75) is 89.1 Å². The van der Waals surface area contributed by atoms with Crippen molar-refractivity contribution >= 4 is 69.0 Å². The Hall–Kier alpha value is -3.58. The molecule has 17 nitrogen and oxygen atoms in total. The monoisotopic (exact) mass is 664 g/mol. The van der Waals surface area contributed by atoms with Gasteiger partial charge in [0.05, 0.1) is 6.04 Å². The van der Waals surface area contributed by atoms with Crippen molar-refractivity contribution in [2.75, 3.05) is 11.5 Å². The molecule has 1 fully saturated rings. The molecule has 1 heterocycles. The van der Waals surface area contributed by atoms with Crippen LogP contribution < -0.4 is 32.3 Å². The Morgan fingerprint density at radius 2 is 1.18 bits per heavy atom. The normalized spacial score (nSPS) is 26.8. The first kappa shape index (κ1) is 38.4. The van der Waals surface area contributed by atoms with E-state index in [9.17, 15) is 48.6 Å². The molecule has 1 aliphatic heterocycles. The molecule has 19 heteroatoms. The van der Waals surface area contributed by atoms with E-state index in [1.165, 1.54) is 6.92 Å². The van der Waals surface area contributed by atoms with E-state index in [-0.39, 0.29) is 23.8 Å². The van der Waals surface area contributed by atoms with Gasteiger partial charge in [0, 0.05) is 24.3 Å².